The number of para-hydroxylation sites is 2. The third kappa shape index (κ3) is 2.84. The number of aryl methyl sites for hydroxylation is 2. The largest absolute Gasteiger partial charge is 0.299 e. The molecule has 0 spiro atoms. The Balaban J connectivity index is 2.15. The Kier molecular flexibility index (Phi) is 4.31. The summed E-state index contributed by atoms with van der Waals surface area (Å²) < 4.78 is 3.48. The van der Waals surface area contributed by atoms with Gasteiger partial charge in [-0.05, 0) is 44.0 Å². The molecule has 0 aliphatic carbocycles. The highest BCUT2D eigenvalue weighted by Gasteiger charge is 2.19. The van der Waals surface area contributed by atoms with Crippen molar-refractivity contribution in [2.24, 2.45) is 0 Å². The Morgan fingerprint density at radius 3 is 2.44 bits per heavy atom. The van der Waals surface area contributed by atoms with Crippen LogP contribution >= 0.6 is 11.8 Å². The molecule has 0 unspecified atom stereocenters. The quantitative estimate of drug-likeness (QED) is 0.510. The van der Waals surface area contributed by atoms with E-state index in [0.717, 1.165) is 22.3 Å². The average molecular weight is 378 g/mol. The smallest absolute Gasteiger partial charge is 0.267 e. The number of fused-ring (bicyclic) bond motifs is 3. The first-order valence-electron chi connectivity index (χ1n) is 8.56. The predicted molar refractivity (Wildman–Crippen MR) is 107 cm³/mol. The van der Waals surface area contributed by atoms with Crippen molar-refractivity contribution in [2.75, 3.05) is 5.75 Å². The van der Waals surface area contributed by atoms with Crippen LogP contribution in [0.2, 0.25) is 0 Å². The van der Waals surface area contributed by atoms with E-state index in [2.05, 4.69) is 10.2 Å². The summed E-state index contributed by atoms with van der Waals surface area (Å²) in [5, 5.41) is 9.75. The van der Waals surface area contributed by atoms with Gasteiger partial charge in [-0.25, -0.2) is 4.57 Å². The Hall–Kier alpha value is -2.93. The fourth-order valence-electron chi connectivity index (χ4n) is 3.30. The minimum absolute atomic E-state index is 0.0594. The number of hydrogen-bond acceptors (Lipinski definition) is 5. The number of carbonyl (C=O) groups is 1. The Bertz CT molecular complexity index is 1240. The van der Waals surface area contributed by atoms with Gasteiger partial charge in [0.05, 0.1) is 22.3 Å². The summed E-state index contributed by atoms with van der Waals surface area (Å²) in [6.07, 6.45) is 0. The van der Waals surface area contributed by atoms with Gasteiger partial charge in [0.25, 0.3) is 5.56 Å². The number of benzene rings is 2. The molecule has 6 nitrogen and oxygen atoms in total. The molecule has 7 heteroatoms. The van der Waals surface area contributed by atoms with Gasteiger partial charge in [-0.2, -0.15) is 0 Å². The van der Waals surface area contributed by atoms with Crippen LogP contribution in [-0.2, 0) is 4.79 Å². The summed E-state index contributed by atoms with van der Waals surface area (Å²) in [5.41, 5.74) is 3.38. The molecule has 2 aromatic carbocycles. The van der Waals surface area contributed by atoms with E-state index in [0.29, 0.717) is 22.1 Å². The Morgan fingerprint density at radius 2 is 1.74 bits per heavy atom. The highest BCUT2D eigenvalue weighted by atomic mass is 32.2. The third-order valence-electron chi connectivity index (χ3n) is 4.46. The molecule has 0 atom stereocenters. The van der Waals surface area contributed by atoms with Crippen LogP contribution in [0.3, 0.4) is 0 Å². The van der Waals surface area contributed by atoms with Crippen molar-refractivity contribution in [3.05, 3.63) is 63.9 Å². The van der Waals surface area contributed by atoms with Gasteiger partial charge in [-0.15, -0.1) is 10.2 Å². The van der Waals surface area contributed by atoms with E-state index in [4.69, 9.17) is 0 Å². The number of Topliss-reactive ketones (excluding diaryl/α,β-unsaturated/α-hetero) is 1. The maximum atomic E-state index is 13.3. The van der Waals surface area contributed by atoms with Crippen LogP contribution in [0.4, 0.5) is 0 Å². The molecule has 0 bridgehead atoms. The number of carbonyl (C=O) groups excluding carboxylic acids is 1. The lowest BCUT2D eigenvalue weighted by molar-refractivity contribution is -0.114. The molecular formula is C20H18N4O2S. The van der Waals surface area contributed by atoms with Gasteiger partial charge in [0.2, 0.25) is 5.78 Å². The van der Waals surface area contributed by atoms with Gasteiger partial charge in [0.1, 0.15) is 5.78 Å². The van der Waals surface area contributed by atoms with E-state index in [1.807, 2.05) is 54.6 Å². The summed E-state index contributed by atoms with van der Waals surface area (Å²) in [4.78, 5) is 24.8. The van der Waals surface area contributed by atoms with E-state index in [1.165, 1.54) is 11.8 Å². The highest BCUT2D eigenvalue weighted by molar-refractivity contribution is 7.99. The third-order valence-corrected chi connectivity index (χ3v) is 5.54. The second kappa shape index (κ2) is 6.66. The SMILES string of the molecule is CC(=O)CSc1nnc2n(-c3c(C)cccc3C)c(=O)c3ccccc3n12. The highest BCUT2D eigenvalue weighted by Crippen LogP contribution is 2.25. The van der Waals surface area contributed by atoms with Gasteiger partial charge in [-0.3, -0.25) is 14.0 Å². The standard InChI is InChI=1S/C20H18N4O2S/c1-12-7-6-8-13(2)17(12)24-18(26)15-9-4-5-10-16(15)23-19(24)21-22-20(23)27-11-14(3)25/h4-10H,11H2,1-3H3. The first-order chi connectivity index (χ1) is 13.0. The average Bonchev–Trinajstić information content (AvgIpc) is 3.06. The Morgan fingerprint density at radius 1 is 1.04 bits per heavy atom. The zero-order valence-corrected chi connectivity index (χ0v) is 16.1. The van der Waals surface area contributed by atoms with Crippen molar-refractivity contribution < 1.29 is 4.79 Å². The van der Waals surface area contributed by atoms with Crippen LogP contribution in [0.25, 0.3) is 22.4 Å². The van der Waals surface area contributed by atoms with E-state index in [1.54, 1.807) is 17.6 Å². The van der Waals surface area contributed by atoms with Crippen LogP contribution in [0, 0.1) is 13.8 Å². The molecule has 0 N–H and O–H groups in total. The van der Waals surface area contributed by atoms with Gasteiger partial charge < -0.3 is 0 Å². The van der Waals surface area contributed by atoms with Crippen LogP contribution < -0.4 is 5.56 Å². The van der Waals surface area contributed by atoms with Crippen molar-refractivity contribution >= 4 is 34.2 Å². The van der Waals surface area contributed by atoms with Crippen LogP contribution in [0.15, 0.2) is 52.4 Å². The van der Waals surface area contributed by atoms with Crippen LogP contribution in [0.5, 0.6) is 0 Å². The zero-order valence-electron chi connectivity index (χ0n) is 15.3. The fraction of sp³-hybridized carbons (Fsp3) is 0.200. The molecule has 2 heterocycles. The molecule has 0 amide bonds. The molecular weight excluding hydrogens is 360 g/mol. The first-order valence-corrected chi connectivity index (χ1v) is 9.55. The van der Waals surface area contributed by atoms with Gasteiger partial charge in [0, 0.05) is 0 Å². The topological polar surface area (TPSA) is 69.3 Å². The number of rotatable bonds is 4. The summed E-state index contributed by atoms with van der Waals surface area (Å²) in [6.45, 7) is 5.49. The van der Waals surface area contributed by atoms with E-state index >= 15 is 0 Å². The van der Waals surface area contributed by atoms with Gasteiger partial charge in [-0.1, -0.05) is 42.1 Å². The summed E-state index contributed by atoms with van der Waals surface area (Å²) in [7, 11) is 0. The maximum absolute atomic E-state index is 13.3. The minimum Gasteiger partial charge on any atom is -0.299 e. The second-order valence-corrected chi connectivity index (χ2v) is 7.45. The number of thioether (sulfide) groups is 1. The minimum atomic E-state index is -0.133. The van der Waals surface area contributed by atoms with E-state index in [9.17, 15) is 9.59 Å². The molecule has 136 valence electrons. The molecule has 27 heavy (non-hydrogen) atoms. The van der Waals surface area contributed by atoms with E-state index < -0.39 is 0 Å². The second-order valence-electron chi connectivity index (χ2n) is 6.51. The molecule has 4 aromatic rings. The molecule has 0 saturated heterocycles. The van der Waals surface area contributed by atoms with Crippen molar-refractivity contribution in [2.45, 2.75) is 25.9 Å². The summed E-state index contributed by atoms with van der Waals surface area (Å²) in [5.74, 6) is 0.809. The van der Waals surface area contributed by atoms with Crippen LogP contribution in [-0.4, -0.2) is 30.7 Å². The molecule has 0 aliphatic rings. The monoisotopic (exact) mass is 378 g/mol. The molecule has 4 rings (SSSR count). The first kappa shape index (κ1) is 17.5. The van der Waals surface area contributed by atoms with Gasteiger partial charge in [0.15, 0.2) is 5.16 Å². The molecule has 0 radical (unpaired) electrons. The lowest BCUT2D eigenvalue weighted by Crippen LogP contribution is -2.23. The molecule has 0 saturated carbocycles. The number of nitrogens with zero attached hydrogens (tertiary/aromatic N) is 4. The number of ketones is 1. The lowest BCUT2D eigenvalue weighted by atomic mass is 10.1. The summed E-state index contributed by atoms with van der Waals surface area (Å²) >= 11 is 1.32. The number of hydrogen-bond donors (Lipinski definition) is 0. The lowest BCUT2D eigenvalue weighted by Gasteiger charge is -2.15. The molecule has 0 fully saturated rings. The van der Waals surface area contributed by atoms with Gasteiger partial charge >= 0.3 is 0 Å². The van der Waals surface area contributed by atoms with Crippen molar-refractivity contribution in [1.29, 1.82) is 0 Å². The van der Waals surface area contributed by atoms with Crippen molar-refractivity contribution in [3.8, 4) is 5.69 Å². The normalized spacial score (nSPS) is 11.4. The van der Waals surface area contributed by atoms with Crippen molar-refractivity contribution in [1.82, 2.24) is 19.2 Å². The fourth-order valence-corrected chi connectivity index (χ4v) is 4.04. The molecule has 2 aromatic heterocycles. The van der Waals surface area contributed by atoms with Crippen molar-refractivity contribution in [3.63, 3.8) is 0 Å². The van der Waals surface area contributed by atoms with E-state index in [-0.39, 0.29) is 11.3 Å². The maximum Gasteiger partial charge on any atom is 0.267 e. The Labute approximate surface area is 159 Å². The number of aromatic nitrogens is 4. The predicted octanol–water partition coefficient (Wildman–Crippen LogP) is 3.33. The molecule has 0 aliphatic heterocycles. The zero-order chi connectivity index (χ0) is 19.1. The summed E-state index contributed by atoms with van der Waals surface area (Å²) in [6, 6.07) is 13.3. The van der Waals surface area contributed by atoms with Crippen LogP contribution in [0.1, 0.15) is 18.1 Å².